The second-order valence-electron chi connectivity index (χ2n) is 2.86. The van der Waals surface area contributed by atoms with Crippen LogP contribution in [0.1, 0.15) is 17.0 Å². The molecule has 0 bridgehead atoms. The molecule has 0 spiro atoms. The summed E-state index contributed by atoms with van der Waals surface area (Å²) in [5.41, 5.74) is 0.549. The standard InChI is InChI=1S/C9H7F3N2O/c1-5-7(4-13)3-8(6(2)14-5)15-9(10,11)12/h3H,1-2H3. The molecule has 0 radical (unpaired) electrons. The van der Waals surface area contributed by atoms with Gasteiger partial charge in [0.05, 0.1) is 17.0 Å². The van der Waals surface area contributed by atoms with Crippen LogP contribution in [0.3, 0.4) is 0 Å². The highest BCUT2D eigenvalue weighted by atomic mass is 19.4. The summed E-state index contributed by atoms with van der Waals surface area (Å²) in [5.74, 6) is -0.440. The van der Waals surface area contributed by atoms with E-state index in [1.165, 1.54) is 6.92 Å². The number of aromatic nitrogens is 1. The van der Waals surface area contributed by atoms with Crippen LogP contribution >= 0.6 is 0 Å². The van der Waals surface area contributed by atoms with Crippen molar-refractivity contribution >= 4 is 0 Å². The van der Waals surface area contributed by atoms with Crippen molar-refractivity contribution in [3.8, 4) is 11.8 Å². The summed E-state index contributed by atoms with van der Waals surface area (Å²) in [7, 11) is 0. The summed E-state index contributed by atoms with van der Waals surface area (Å²) in [4.78, 5) is 3.78. The van der Waals surface area contributed by atoms with Gasteiger partial charge in [-0.05, 0) is 13.8 Å². The minimum Gasteiger partial charge on any atom is -0.404 e. The molecule has 3 nitrogen and oxygen atoms in total. The Morgan fingerprint density at radius 1 is 1.33 bits per heavy atom. The fourth-order valence-corrected chi connectivity index (χ4v) is 1.05. The van der Waals surface area contributed by atoms with E-state index >= 15 is 0 Å². The monoisotopic (exact) mass is 216 g/mol. The predicted molar refractivity (Wildman–Crippen MR) is 45.1 cm³/mol. The first-order chi connectivity index (χ1) is 6.83. The van der Waals surface area contributed by atoms with Gasteiger partial charge in [0.2, 0.25) is 0 Å². The third-order valence-corrected chi connectivity index (χ3v) is 1.70. The number of rotatable bonds is 1. The molecule has 6 heteroatoms. The number of nitriles is 1. The first kappa shape index (κ1) is 11.3. The SMILES string of the molecule is Cc1nc(C)c(OC(F)(F)F)cc1C#N. The van der Waals surface area contributed by atoms with E-state index in [-0.39, 0.29) is 11.3 Å². The van der Waals surface area contributed by atoms with Gasteiger partial charge in [-0.1, -0.05) is 0 Å². The lowest BCUT2D eigenvalue weighted by atomic mass is 10.2. The van der Waals surface area contributed by atoms with Crippen molar-refractivity contribution in [1.82, 2.24) is 4.98 Å². The minimum atomic E-state index is -4.77. The molecular weight excluding hydrogens is 209 g/mol. The summed E-state index contributed by atoms with van der Waals surface area (Å²) in [6.07, 6.45) is -4.77. The molecule has 0 saturated heterocycles. The number of aryl methyl sites for hydroxylation is 2. The zero-order chi connectivity index (χ0) is 11.6. The highest BCUT2D eigenvalue weighted by Gasteiger charge is 2.32. The van der Waals surface area contributed by atoms with Crippen LogP contribution in [-0.2, 0) is 0 Å². The molecule has 0 aliphatic heterocycles. The van der Waals surface area contributed by atoms with Gasteiger partial charge in [0.1, 0.15) is 6.07 Å². The molecule has 0 N–H and O–H groups in total. The molecule has 0 aromatic carbocycles. The molecule has 0 aliphatic carbocycles. The van der Waals surface area contributed by atoms with E-state index in [2.05, 4.69) is 9.72 Å². The molecule has 0 unspecified atom stereocenters. The number of ether oxygens (including phenoxy) is 1. The first-order valence-electron chi connectivity index (χ1n) is 3.97. The van der Waals surface area contributed by atoms with Gasteiger partial charge in [-0.3, -0.25) is 4.98 Å². The van der Waals surface area contributed by atoms with E-state index in [1.54, 1.807) is 13.0 Å². The number of hydrogen-bond donors (Lipinski definition) is 0. The van der Waals surface area contributed by atoms with Gasteiger partial charge in [0.15, 0.2) is 5.75 Å². The summed E-state index contributed by atoms with van der Waals surface area (Å²) in [6, 6.07) is 2.77. The van der Waals surface area contributed by atoms with Gasteiger partial charge >= 0.3 is 6.36 Å². The van der Waals surface area contributed by atoms with Gasteiger partial charge in [-0.2, -0.15) is 5.26 Å². The van der Waals surface area contributed by atoms with Crippen molar-refractivity contribution in [2.45, 2.75) is 20.2 Å². The minimum absolute atomic E-state index is 0.0693. The molecule has 0 aliphatic rings. The Morgan fingerprint density at radius 3 is 2.40 bits per heavy atom. The summed E-state index contributed by atoms with van der Waals surface area (Å²) in [5, 5.41) is 8.61. The number of halogens is 3. The van der Waals surface area contributed by atoms with Crippen molar-refractivity contribution in [2.75, 3.05) is 0 Å². The molecule has 15 heavy (non-hydrogen) atoms. The van der Waals surface area contributed by atoms with Crippen LogP contribution in [0.4, 0.5) is 13.2 Å². The van der Waals surface area contributed by atoms with Gasteiger partial charge in [-0.15, -0.1) is 13.2 Å². The topological polar surface area (TPSA) is 45.9 Å². The van der Waals surface area contributed by atoms with Crippen molar-refractivity contribution in [3.63, 3.8) is 0 Å². The lowest BCUT2D eigenvalue weighted by Crippen LogP contribution is -2.18. The molecule has 1 aromatic rings. The lowest BCUT2D eigenvalue weighted by molar-refractivity contribution is -0.275. The number of hydrogen-bond acceptors (Lipinski definition) is 3. The summed E-state index contributed by atoms with van der Waals surface area (Å²) >= 11 is 0. The number of nitrogens with zero attached hydrogens (tertiary/aromatic N) is 2. The summed E-state index contributed by atoms with van der Waals surface area (Å²) in [6.45, 7) is 2.93. The van der Waals surface area contributed by atoms with Gasteiger partial charge in [0.25, 0.3) is 0 Å². The quantitative estimate of drug-likeness (QED) is 0.724. The Labute approximate surface area is 84.1 Å². The molecule has 0 amide bonds. The Kier molecular flexibility index (Phi) is 2.84. The summed E-state index contributed by atoms with van der Waals surface area (Å²) < 4.78 is 39.5. The van der Waals surface area contributed by atoms with Crippen LogP contribution in [0.25, 0.3) is 0 Å². The van der Waals surface area contributed by atoms with E-state index in [9.17, 15) is 13.2 Å². The van der Waals surface area contributed by atoms with E-state index in [4.69, 9.17) is 5.26 Å². The molecule has 0 atom stereocenters. The van der Waals surface area contributed by atoms with Gasteiger partial charge < -0.3 is 4.74 Å². The third kappa shape index (κ3) is 2.84. The number of pyridine rings is 1. The van der Waals surface area contributed by atoms with Crippen LogP contribution < -0.4 is 4.74 Å². The predicted octanol–water partition coefficient (Wildman–Crippen LogP) is 2.47. The highest BCUT2D eigenvalue weighted by molar-refractivity contribution is 5.41. The molecular formula is C9H7F3N2O. The van der Waals surface area contributed by atoms with E-state index in [0.29, 0.717) is 5.69 Å². The molecule has 80 valence electrons. The fourth-order valence-electron chi connectivity index (χ4n) is 1.05. The second kappa shape index (κ2) is 3.77. The van der Waals surface area contributed by atoms with Gasteiger partial charge in [-0.25, -0.2) is 0 Å². The Bertz CT molecular complexity index is 421. The average molecular weight is 216 g/mol. The van der Waals surface area contributed by atoms with E-state index < -0.39 is 12.1 Å². The van der Waals surface area contributed by atoms with Crippen LogP contribution in [-0.4, -0.2) is 11.3 Å². The third-order valence-electron chi connectivity index (χ3n) is 1.70. The van der Waals surface area contributed by atoms with Crippen molar-refractivity contribution in [1.29, 1.82) is 5.26 Å². The molecule has 0 saturated carbocycles. The molecule has 1 rings (SSSR count). The number of alkyl halides is 3. The fraction of sp³-hybridized carbons (Fsp3) is 0.333. The maximum absolute atomic E-state index is 11.9. The Morgan fingerprint density at radius 2 is 1.93 bits per heavy atom. The second-order valence-corrected chi connectivity index (χ2v) is 2.86. The van der Waals surface area contributed by atoms with Crippen LogP contribution in [0.15, 0.2) is 6.07 Å². The Hall–Kier alpha value is -1.77. The molecule has 1 heterocycles. The zero-order valence-corrected chi connectivity index (χ0v) is 8.01. The normalized spacial score (nSPS) is 10.9. The largest absolute Gasteiger partial charge is 0.573 e. The maximum Gasteiger partial charge on any atom is 0.573 e. The van der Waals surface area contributed by atoms with Crippen LogP contribution in [0.2, 0.25) is 0 Å². The van der Waals surface area contributed by atoms with E-state index in [1.807, 2.05) is 0 Å². The molecule has 1 aromatic heterocycles. The maximum atomic E-state index is 11.9. The Balaban J connectivity index is 3.15. The van der Waals surface area contributed by atoms with E-state index in [0.717, 1.165) is 6.07 Å². The highest BCUT2D eigenvalue weighted by Crippen LogP contribution is 2.26. The smallest absolute Gasteiger partial charge is 0.404 e. The van der Waals surface area contributed by atoms with Crippen molar-refractivity contribution < 1.29 is 17.9 Å². The van der Waals surface area contributed by atoms with Crippen molar-refractivity contribution in [3.05, 3.63) is 23.0 Å². The van der Waals surface area contributed by atoms with Gasteiger partial charge in [0, 0.05) is 6.07 Å². The van der Waals surface area contributed by atoms with Crippen LogP contribution in [0, 0.1) is 25.2 Å². The zero-order valence-electron chi connectivity index (χ0n) is 8.01. The molecule has 0 fully saturated rings. The van der Waals surface area contributed by atoms with Crippen molar-refractivity contribution in [2.24, 2.45) is 0 Å². The first-order valence-corrected chi connectivity index (χ1v) is 3.97. The lowest BCUT2D eigenvalue weighted by Gasteiger charge is -2.11. The van der Waals surface area contributed by atoms with Crippen LogP contribution in [0.5, 0.6) is 5.75 Å². The average Bonchev–Trinajstić information content (AvgIpc) is 2.07.